The Morgan fingerprint density at radius 2 is 1.16 bits per heavy atom. The van der Waals surface area contributed by atoms with Crippen molar-refractivity contribution in [3.05, 3.63) is 186 Å². The summed E-state index contributed by atoms with van der Waals surface area (Å²) in [7, 11) is 0. The molecule has 22 heteroatoms. The highest BCUT2D eigenvalue weighted by Gasteiger charge is 2.32. The van der Waals surface area contributed by atoms with Gasteiger partial charge in [0.25, 0.3) is 5.91 Å². The van der Waals surface area contributed by atoms with Crippen molar-refractivity contribution < 1.29 is 65.4 Å². The maximum absolute atomic E-state index is 13.4. The first kappa shape index (κ1) is 49.6. The maximum atomic E-state index is 13.4. The van der Waals surface area contributed by atoms with Crippen molar-refractivity contribution in [1.29, 1.82) is 0 Å². The van der Waals surface area contributed by atoms with Crippen LogP contribution in [-0.2, 0) is 22.5 Å². The molecule has 0 bridgehead atoms. The SMILES string of the molecule is O=C(NC(=O)c1ccc2c(N=Nc3ccc(C(=O)c4ccc(N=Nc5c(O)ccc6cc(CO/N=C/ONc7cccc(OC(F)(F)F)c7)ccc56)cc4)cc3)c(O)ccc2c1)Nc1cccc(C(F)(F)F)c1. The number of rotatable bonds is 15. The Morgan fingerprint density at radius 3 is 1.78 bits per heavy atom. The van der Waals surface area contributed by atoms with E-state index < -0.39 is 35.8 Å². The topological polar surface area (TPSA) is 217 Å². The van der Waals surface area contributed by atoms with E-state index >= 15 is 0 Å². The number of ether oxygens (including phenoxy) is 1. The fourth-order valence-electron chi connectivity index (χ4n) is 6.96. The Morgan fingerprint density at radius 1 is 0.589 bits per heavy atom. The van der Waals surface area contributed by atoms with Crippen LogP contribution in [0.1, 0.15) is 37.4 Å². The molecule has 0 saturated carbocycles. The molecule has 0 fully saturated rings. The van der Waals surface area contributed by atoms with Crippen LogP contribution in [0.15, 0.2) is 183 Å². The summed E-state index contributed by atoms with van der Waals surface area (Å²) in [5.74, 6) is -1.94. The number of amides is 3. The highest BCUT2D eigenvalue weighted by molar-refractivity contribution is 6.10. The molecule has 0 spiro atoms. The van der Waals surface area contributed by atoms with E-state index in [1.807, 2.05) is 0 Å². The fourth-order valence-corrected chi connectivity index (χ4v) is 6.96. The van der Waals surface area contributed by atoms with E-state index in [1.54, 1.807) is 72.8 Å². The normalized spacial score (nSPS) is 11.9. The van der Waals surface area contributed by atoms with E-state index in [9.17, 15) is 50.9 Å². The molecular formula is C51H34F6N8O8. The molecule has 0 saturated heterocycles. The minimum absolute atomic E-state index is 0.0177. The summed E-state index contributed by atoms with van der Waals surface area (Å²) in [5, 5.41) is 48.3. The zero-order valence-corrected chi connectivity index (χ0v) is 37.1. The molecule has 16 nitrogen and oxygen atoms in total. The highest BCUT2D eigenvalue weighted by atomic mass is 19.4. The second kappa shape index (κ2) is 21.4. The van der Waals surface area contributed by atoms with Crippen LogP contribution < -0.4 is 20.9 Å². The number of oxime groups is 1. The minimum Gasteiger partial charge on any atom is -0.506 e. The largest absolute Gasteiger partial charge is 0.573 e. The van der Waals surface area contributed by atoms with Gasteiger partial charge in [0, 0.05) is 39.2 Å². The standard InChI is InChI=1S/C51H34F6N8O8/c52-50(53,54)35-3-1-4-38(25-35)59-49(70)60-48(69)34-12-20-42-33(24-34)14-22-44(67)46(42)64-62-37-17-10-31(11-18-37)47(68)30-8-15-36(16-9-30)61-63-45-41-19-7-29(23-32(41)13-21-43(45)66)27-71-58-28-72-65-39-5-2-6-40(26-39)73-51(55,56)57/h1-26,28,65-67H,27H2,(H2,59,60,69,70)/b58-28+,63-61?,64-62?. The van der Waals surface area contributed by atoms with Gasteiger partial charge in [0.2, 0.25) is 6.40 Å². The first-order chi connectivity index (χ1) is 35.0. The summed E-state index contributed by atoms with van der Waals surface area (Å²) in [6, 6.07) is 35.9. The van der Waals surface area contributed by atoms with Gasteiger partial charge < -0.3 is 29.9 Å². The van der Waals surface area contributed by atoms with Gasteiger partial charge in [-0.2, -0.15) is 23.4 Å². The number of phenols is 2. The first-order valence-electron chi connectivity index (χ1n) is 21.3. The zero-order chi connectivity index (χ0) is 51.7. The minimum atomic E-state index is -4.84. The van der Waals surface area contributed by atoms with Gasteiger partial charge in [-0.25, -0.2) is 10.3 Å². The fraction of sp³-hybridized carbons (Fsp3) is 0.0588. The number of benzene rings is 8. The zero-order valence-electron chi connectivity index (χ0n) is 37.1. The van der Waals surface area contributed by atoms with Gasteiger partial charge in [0.1, 0.15) is 35.2 Å². The Hall–Kier alpha value is -9.86. The van der Waals surface area contributed by atoms with Crippen LogP contribution in [0.4, 0.5) is 65.3 Å². The lowest BCUT2D eigenvalue weighted by atomic mass is 10.0. The second-order valence-corrected chi connectivity index (χ2v) is 15.4. The molecule has 3 amide bonds. The predicted molar refractivity (Wildman–Crippen MR) is 255 cm³/mol. The summed E-state index contributed by atoms with van der Waals surface area (Å²) in [6.07, 6.45) is -8.56. The first-order valence-corrected chi connectivity index (χ1v) is 21.3. The van der Waals surface area contributed by atoms with Gasteiger partial charge in [-0.05, 0) is 126 Å². The average molecular weight is 1000 g/mol. The average Bonchev–Trinajstić information content (AvgIpc) is 3.36. The molecule has 0 aliphatic carbocycles. The van der Waals surface area contributed by atoms with Gasteiger partial charge in [0.15, 0.2) is 5.78 Å². The van der Waals surface area contributed by atoms with Crippen LogP contribution in [0.25, 0.3) is 21.5 Å². The molecule has 368 valence electrons. The summed E-state index contributed by atoms with van der Waals surface area (Å²) in [5.41, 5.74) is 3.83. The number of carbonyl (C=O) groups excluding carboxylic acids is 3. The molecule has 8 rings (SSSR count). The summed E-state index contributed by atoms with van der Waals surface area (Å²) in [4.78, 5) is 48.9. The van der Waals surface area contributed by atoms with Crippen LogP contribution in [0.2, 0.25) is 0 Å². The third kappa shape index (κ3) is 12.9. The van der Waals surface area contributed by atoms with Crippen molar-refractivity contribution in [1.82, 2.24) is 5.32 Å². The number of hydrogen-bond acceptors (Lipinski definition) is 14. The molecule has 0 radical (unpaired) electrons. The molecule has 8 aromatic rings. The Kier molecular flexibility index (Phi) is 14.5. The lowest BCUT2D eigenvalue weighted by Gasteiger charge is -2.11. The van der Waals surface area contributed by atoms with E-state index in [-0.39, 0.29) is 52.2 Å². The quantitative estimate of drug-likeness (QED) is 0.0165. The number of ketones is 1. The molecule has 73 heavy (non-hydrogen) atoms. The molecule has 0 aromatic heterocycles. The summed E-state index contributed by atoms with van der Waals surface area (Å²) in [6.45, 7) is 0.0177. The van der Waals surface area contributed by atoms with Crippen molar-refractivity contribution in [2.75, 3.05) is 10.8 Å². The molecule has 0 aliphatic heterocycles. The number of halogens is 6. The van der Waals surface area contributed by atoms with Crippen molar-refractivity contribution in [3.63, 3.8) is 0 Å². The van der Waals surface area contributed by atoms with E-state index in [0.717, 1.165) is 36.7 Å². The number of carbonyl (C=O) groups is 3. The van der Waals surface area contributed by atoms with Crippen molar-refractivity contribution in [3.8, 4) is 17.2 Å². The number of hydrogen-bond donors (Lipinski definition) is 5. The predicted octanol–water partition coefficient (Wildman–Crippen LogP) is 13.8. The molecule has 0 heterocycles. The number of urea groups is 1. The Balaban J connectivity index is 0.846. The van der Waals surface area contributed by atoms with Crippen LogP contribution in [0.5, 0.6) is 17.2 Å². The highest BCUT2D eigenvalue weighted by Crippen LogP contribution is 2.39. The Bertz CT molecular complexity index is 3460. The van der Waals surface area contributed by atoms with Gasteiger partial charge >= 0.3 is 18.6 Å². The summed E-state index contributed by atoms with van der Waals surface area (Å²) >= 11 is 0. The van der Waals surface area contributed by atoms with Gasteiger partial charge in [0.05, 0.1) is 22.6 Å². The van der Waals surface area contributed by atoms with Crippen LogP contribution in [0.3, 0.4) is 0 Å². The molecule has 0 atom stereocenters. The van der Waals surface area contributed by atoms with Crippen molar-refractivity contribution in [2.24, 2.45) is 25.6 Å². The lowest BCUT2D eigenvalue weighted by Crippen LogP contribution is -2.34. The molecule has 8 aromatic carbocycles. The van der Waals surface area contributed by atoms with Crippen LogP contribution in [-0.4, -0.2) is 40.7 Å². The van der Waals surface area contributed by atoms with Crippen LogP contribution >= 0.6 is 0 Å². The number of azo groups is 2. The maximum Gasteiger partial charge on any atom is 0.573 e. The molecule has 5 N–H and O–H groups in total. The van der Waals surface area contributed by atoms with Crippen molar-refractivity contribution >= 4 is 79.8 Å². The molecule has 0 unspecified atom stereocenters. The number of nitrogens with zero attached hydrogens (tertiary/aromatic N) is 5. The number of aromatic hydroxyl groups is 2. The van der Waals surface area contributed by atoms with Gasteiger partial charge in [-0.1, -0.05) is 47.6 Å². The number of nitrogens with one attached hydrogen (secondary N) is 3. The van der Waals surface area contributed by atoms with E-state index in [0.29, 0.717) is 49.6 Å². The van der Waals surface area contributed by atoms with E-state index in [4.69, 9.17) is 9.68 Å². The smallest absolute Gasteiger partial charge is 0.506 e. The third-order valence-electron chi connectivity index (χ3n) is 10.4. The number of anilines is 2. The monoisotopic (exact) mass is 1000 g/mol. The second-order valence-electron chi connectivity index (χ2n) is 15.4. The van der Waals surface area contributed by atoms with Gasteiger partial charge in [-0.15, -0.1) is 23.4 Å². The number of fused-ring (bicyclic) bond motifs is 2. The molecular weight excluding hydrogens is 967 g/mol. The third-order valence-corrected chi connectivity index (χ3v) is 10.4. The molecule has 0 aliphatic rings. The summed E-state index contributed by atoms with van der Waals surface area (Å²) < 4.78 is 80.5. The van der Waals surface area contributed by atoms with Crippen LogP contribution in [0, 0.1) is 0 Å². The van der Waals surface area contributed by atoms with Crippen molar-refractivity contribution in [2.45, 2.75) is 19.1 Å². The Labute approximate surface area is 407 Å². The van der Waals surface area contributed by atoms with E-state index in [2.05, 4.69) is 46.5 Å². The van der Waals surface area contributed by atoms with E-state index in [1.165, 1.54) is 54.6 Å². The lowest BCUT2D eigenvalue weighted by molar-refractivity contribution is -0.274. The number of imide groups is 1. The van der Waals surface area contributed by atoms with Gasteiger partial charge in [-0.3, -0.25) is 14.9 Å². The number of phenolic OH excluding ortho intramolecular Hbond substituents is 2. The number of alkyl halides is 6.